The van der Waals surface area contributed by atoms with E-state index < -0.39 is 6.17 Å². The first-order chi connectivity index (χ1) is 5.27. The van der Waals surface area contributed by atoms with Gasteiger partial charge in [-0.2, -0.15) is 0 Å². The number of nitrogens with two attached hydrogens (primary N) is 1. The molecular formula is C8H15FN2. The predicted molar refractivity (Wildman–Crippen MR) is 42.1 cm³/mol. The van der Waals surface area contributed by atoms with E-state index in [0.717, 1.165) is 13.0 Å². The van der Waals surface area contributed by atoms with Crippen LogP contribution in [0.4, 0.5) is 4.39 Å². The van der Waals surface area contributed by atoms with Crippen molar-refractivity contribution >= 4 is 0 Å². The Labute approximate surface area is 66.5 Å². The number of rotatable bonds is 1. The van der Waals surface area contributed by atoms with Crippen LogP contribution in [-0.4, -0.2) is 36.2 Å². The fourth-order valence-corrected chi connectivity index (χ4v) is 2.54. The zero-order valence-electron chi connectivity index (χ0n) is 6.72. The maximum absolute atomic E-state index is 13.0. The summed E-state index contributed by atoms with van der Waals surface area (Å²) in [5, 5.41) is 0. The van der Waals surface area contributed by atoms with Gasteiger partial charge in [0.2, 0.25) is 0 Å². The molecule has 11 heavy (non-hydrogen) atoms. The second-order valence-electron chi connectivity index (χ2n) is 3.78. The lowest BCUT2D eigenvalue weighted by molar-refractivity contribution is 0.203. The van der Waals surface area contributed by atoms with Gasteiger partial charge in [-0.15, -0.1) is 0 Å². The van der Waals surface area contributed by atoms with E-state index in [2.05, 4.69) is 4.90 Å². The molecule has 3 heteroatoms. The van der Waals surface area contributed by atoms with Gasteiger partial charge in [0.1, 0.15) is 6.17 Å². The van der Waals surface area contributed by atoms with E-state index in [1.807, 2.05) is 0 Å². The van der Waals surface area contributed by atoms with Crippen molar-refractivity contribution in [2.24, 2.45) is 5.73 Å². The Bertz CT molecular complexity index is 162. The molecule has 0 radical (unpaired) electrons. The molecule has 2 rings (SSSR count). The Kier molecular flexibility index (Phi) is 1.65. The SMILES string of the molecule is NC[C@@]12CCCN1C[C@@H](F)C2. The molecule has 0 bridgehead atoms. The van der Waals surface area contributed by atoms with Crippen LogP contribution in [0.1, 0.15) is 19.3 Å². The molecule has 2 nitrogen and oxygen atoms in total. The minimum Gasteiger partial charge on any atom is -0.329 e. The van der Waals surface area contributed by atoms with Gasteiger partial charge in [-0.1, -0.05) is 0 Å². The average molecular weight is 158 g/mol. The van der Waals surface area contributed by atoms with Crippen LogP contribution < -0.4 is 5.73 Å². The maximum atomic E-state index is 13.0. The molecule has 2 atom stereocenters. The summed E-state index contributed by atoms with van der Waals surface area (Å²) in [5.41, 5.74) is 5.72. The third-order valence-corrected chi connectivity index (χ3v) is 3.14. The number of hydrogen-bond donors (Lipinski definition) is 1. The largest absolute Gasteiger partial charge is 0.329 e. The predicted octanol–water partition coefficient (Wildman–Crippen LogP) is 0.521. The number of alkyl halides is 1. The summed E-state index contributed by atoms with van der Waals surface area (Å²) in [6.45, 7) is 2.31. The highest BCUT2D eigenvalue weighted by atomic mass is 19.1. The summed E-state index contributed by atoms with van der Waals surface area (Å²) < 4.78 is 13.0. The van der Waals surface area contributed by atoms with E-state index >= 15 is 0 Å². The van der Waals surface area contributed by atoms with Crippen LogP contribution in [0.25, 0.3) is 0 Å². The molecule has 64 valence electrons. The third kappa shape index (κ3) is 0.983. The lowest BCUT2D eigenvalue weighted by atomic mass is 9.94. The van der Waals surface area contributed by atoms with Crippen LogP contribution in [0.3, 0.4) is 0 Å². The molecule has 0 spiro atoms. The summed E-state index contributed by atoms with van der Waals surface area (Å²) in [4.78, 5) is 2.23. The van der Waals surface area contributed by atoms with Gasteiger partial charge in [0.15, 0.2) is 0 Å². The van der Waals surface area contributed by atoms with Gasteiger partial charge in [0.05, 0.1) is 0 Å². The summed E-state index contributed by atoms with van der Waals surface area (Å²) in [7, 11) is 0. The Morgan fingerprint density at radius 3 is 3.09 bits per heavy atom. The van der Waals surface area contributed by atoms with Crippen LogP contribution in [0, 0.1) is 0 Å². The number of hydrogen-bond acceptors (Lipinski definition) is 2. The molecule has 2 N–H and O–H groups in total. The highest BCUT2D eigenvalue weighted by Crippen LogP contribution is 2.38. The highest BCUT2D eigenvalue weighted by molar-refractivity contribution is 5.04. The quantitative estimate of drug-likeness (QED) is 0.603. The van der Waals surface area contributed by atoms with Crippen LogP contribution in [-0.2, 0) is 0 Å². The van der Waals surface area contributed by atoms with Crippen LogP contribution in [0.2, 0.25) is 0 Å². The minimum absolute atomic E-state index is 0.0550. The van der Waals surface area contributed by atoms with Crippen molar-refractivity contribution in [3.8, 4) is 0 Å². The summed E-state index contributed by atoms with van der Waals surface area (Å²) >= 11 is 0. The van der Waals surface area contributed by atoms with Crippen molar-refractivity contribution in [1.82, 2.24) is 4.90 Å². The van der Waals surface area contributed by atoms with Gasteiger partial charge in [0.25, 0.3) is 0 Å². The molecule has 0 saturated carbocycles. The van der Waals surface area contributed by atoms with Crippen LogP contribution in [0.15, 0.2) is 0 Å². The molecule has 2 saturated heterocycles. The Hall–Kier alpha value is -0.150. The second kappa shape index (κ2) is 2.42. The molecule has 2 fully saturated rings. The van der Waals surface area contributed by atoms with E-state index in [-0.39, 0.29) is 5.54 Å². The fraction of sp³-hybridized carbons (Fsp3) is 1.00. The fourth-order valence-electron chi connectivity index (χ4n) is 2.54. The second-order valence-corrected chi connectivity index (χ2v) is 3.78. The van der Waals surface area contributed by atoms with Crippen molar-refractivity contribution < 1.29 is 4.39 Å². The lowest BCUT2D eigenvalue weighted by Crippen LogP contribution is -2.44. The molecule has 2 aliphatic rings. The molecule has 0 aromatic heterocycles. The first kappa shape index (κ1) is 7.50. The van der Waals surface area contributed by atoms with Crippen molar-refractivity contribution in [2.75, 3.05) is 19.6 Å². The van der Waals surface area contributed by atoms with Gasteiger partial charge in [0, 0.05) is 18.6 Å². The van der Waals surface area contributed by atoms with Gasteiger partial charge in [-0.3, -0.25) is 4.90 Å². The summed E-state index contributed by atoms with van der Waals surface area (Å²) in [5.74, 6) is 0. The molecule has 2 aliphatic heterocycles. The van der Waals surface area contributed by atoms with Crippen molar-refractivity contribution in [2.45, 2.75) is 31.0 Å². The molecule has 0 amide bonds. The highest BCUT2D eigenvalue weighted by Gasteiger charge is 2.47. The first-order valence-electron chi connectivity index (χ1n) is 4.36. The minimum atomic E-state index is -0.626. The monoisotopic (exact) mass is 158 g/mol. The third-order valence-electron chi connectivity index (χ3n) is 3.14. The zero-order valence-corrected chi connectivity index (χ0v) is 6.72. The van der Waals surface area contributed by atoms with Gasteiger partial charge < -0.3 is 5.73 Å². The smallest absolute Gasteiger partial charge is 0.115 e. The zero-order chi connectivity index (χ0) is 7.90. The molecule has 0 aromatic carbocycles. The van der Waals surface area contributed by atoms with E-state index in [0.29, 0.717) is 19.5 Å². The van der Waals surface area contributed by atoms with E-state index in [4.69, 9.17) is 5.73 Å². The van der Waals surface area contributed by atoms with Crippen molar-refractivity contribution in [1.29, 1.82) is 0 Å². The molecular weight excluding hydrogens is 143 g/mol. The van der Waals surface area contributed by atoms with Crippen LogP contribution >= 0.6 is 0 Å². The normalized spacial score (nSPS) is 44.7. The van der Waals surface area contributed by atoms with Crippen molar-refractivity contribution in [3.05, 3.63) is 0 Å². The maximum Gasteiger partial charge on any atom is 0.115 e. The Morgan fingerprint density at radius 1 is 1.64 bits per heavy atom. The van der Waals surface area contributed by atoms with Crippen molar-refractivity contribution in [3.63, 3.8) is 0 Å². The van der Waals surface area contributed by atoms with Crippen LogP contribution in [0.5, 0.6) is 0 Å². The standard InChI is InChI=1S/C8H15FN2/c9-7-4-8(6-10)2-1-3-11(8)5-7/h7H,1-6,10H2/t7-,8-/m0/s1. The average Bonchev–Trinajstić information content (AvgIpc) is 2.43. The van der Waals surface area contributed by atoms with Gasteiger partial charge in [-0.05, 0) is 25.8 Å². The topological polar surface area (TPSA) is 29.3 Å². The number of fused-ring (bicyclic) bond motifs is 1. The molecule has 0 unspecified atom stereocenters. The molecule has 0 aromatic rings. The van der Waals surface area contributed by atoms with E-state index in [9.17, 15) is 4.39 Å². The summed E-state index contributed by atoms with van der Waals surface area (Å²) in [6.07, 6.45) is 2.34. The van der Waals surface area contributed by atoms with Gasteiger partial charge >= 0.3 is 0 Å². The Morgan fingerprint density at radius 2 is 2.45 bits per heavy atom. The lowest BCUT2D eigenvalue weighted by Gasteiger charge is -2.29. The molecule has 2 heterocycles. The number of halogens is 1. The first-order valence-corrected chi connectivity index (χ1v) is 4.36. The van der Waals surface area contributed by atoms with E-state index in [1.165, 1.54) is 6.42 Å². The van der Waals surface area contributed by atoms with E-state index in [1.54, 1.807) is 0 Å². The Balaban J connectivity index is 2.15. The number of nitrogens with zero attached hydrogens (tertiary/aromatic N) is 1. The van der Waals surface area contributed by atoms with Gasteiger partial charge in [-0.25, -0.2) is 4.39 Å². The summed E-state index contributed by atoms with van der Waals surface area (Å²) in [6, 6.07) is 0. The molecule has 0 aliphatic carbocycles.